The minimum atomic E-state index is -0.882. The summed E-state index contributed by atoms with van der Waals surface area (Å²) in [6.07, 6.45) is 0. The molecule has 1 N–H and O–H groups in total. The Hall–Kier alpha value is -2.57. The van der Waals surface area contributed by atoms with Crippen molar-refractivity contribution >= 4 is 23.3 Å². The molecule has 0 spiro atoms. The maximum atomic E-state index is 11.3. The van der Waals surface area contributed by atoms with Crippen LogP contribution in [-0.4, -0.2) is 39.0 Å². The summed E-state index contributed by atoms with van der Waals surface area (Å²) in [5.74, 6) is -1.09. The normalized spacial score (nSPS) is 9.21. The number of hydrogen-bond acceptors (Lipinski definition) is 7. The summed E-state index contributed by atoms with van der Waals surface area (Å²) in [6.45, 7) is 0. The molecule has 0 fully saturated rings. The Morgan fingerprint density at radius 1 is 1.00 bits per heavy atom. The molecule has 1 aromatic carbocycles. The number of methoxy groups -OCH3 is 3. The van der Waals surface area contributed by atoms with Gasteiger partial charge in [-0.3, -0.25) is 5.43 Å². The maximum Gasteiger partial charge on any atom is 0.366 e. The van der Waals surface area contributed by atoms with Gasteiger partial charge in [-0.05, 0) is 24.3 Å². The Kier molecular flexibility index (Phi) is 5.34. The third kappa shape index (κ3) is 3.98. The van der Waals surface area contributed by atoms with Gasteiger partial charge < -0.3 is 14.2 Å². The highest BCUT2D eigenvalue weighted by Crippen LogP contribution is 2.14. The van der Waals surface area contributed by atoms with E-state index >= 15 is 0 Å². The molecular weight excluding hydrogens is 252 g/mol. The molecule has 0 heterocycles. The molecule has 0 amide bonds. The quantitative estimate of drug-likeness (QED) is 0.367. The first-order valence-electron chi connectivity index (χ1n) is 5.26. The molecule has 1 aromatic rings. The van der Waals surface area contributed by atoms with Crippen LogP contribution in [0, 0.1) is 0 Å². The van der Waals surface area contributed by atoms with Gasteiger partial charge in [0.25, 0.3) is 5.71 Å². The lowest BCUT2D eigenvalue weighted by molar-refractivity contribution is -0.138. The minimum absolute atomic E-state index is 0.471. The highest BCUT2D eigenvalue weighted by Gasteiger charge is 2.22. The van der Waals surface area contributed by atoms with Crippen molar-refractivity contribution in [2.75, 3.05) is 26.8 Å². The lowest BCUT2D eigenvalue weighted by Crippen LogP contribution is -2.27. The van der Waals surface area contributed by atoms with Crippen molar-refractivity contribution in [3.63, 3.8) is 0 Å². The van der Waals surface area contributed by atoms with Gasteiger partial charge in [0.05, 0.1) is 27.0 Å². The topological polar surface area (TPSA) is 86.2 Å². The van der Waals surface area contributed by atoms with Crippen LogP contribution in [0.1, 0.15) is 0 Å². The molecule has 0 aliphatic carbocycles. The summed E-state index contributed by atoms with van der Waals surface area (Å²) in [4.78, 5) is 22.6. The Labute approximate surface area is 110 Å². The summed E-state index contributed by atoms with van der Waals surface area (Å²) in [5, 5.41) is 3.67. The van der Waals surface area contributed by atoms with Crippen LogP contribution in [0.4, 0.5) is 5.69 Å². The van der Waals surface area contributed by atoms with Gasteiger partial charge in [-0.1, -0.05) is 0 Å². The summed E-state index contributed by atoms with van der Waals surface area (Å²) < 4.78 is 13.9. The number of benzene rings is 1. The van der Waals surface area contributed by atoms with E-state index in [-0.39, 0.29) is 0 Å². The van der Waals surface area contributed by atoms with E-state index in [2.05, 4.69) is 20.0 Å². The second kappa shape index (κ2) is 7.00. The molecule has 0 aliphatic heterocycles. The molecule has 0 aliphatic rings. The number of nitrogens with zero attached hydrogens (tertiary/aromatic N) is 1. The number of anilines is 1. The predicted molar refractivity (Wildman–Crippen MR) is 68.1 cm³/mol. The first-order chi connectivity index (χ1) is 9.12. The standard InChI is InChI=1S/C12H14N2O5/c1-17-9-6-4-8(5-7-9)13-14-10(11(15)18-2)12(16)19-3/h4-7,13H,1-3H3. The van der Waals surface area contributed by atoms with E-state index in [1.54, 1.807) is 31.4 Å². The number of hydrazone groups is 1. The molecule has 1 rings (SSSR count). The fourth-order valence-corrected chi connectivity index (χ4v) is 1.15. The van der Waals surface area contributed by atoms with Crippen molar-refractivity contribution in [2.45, 2.75) is 0 Å². The maximum absolute atomic E-state index is 11.3. The fraction of sp³-hybridized carbons (Fsp3) is 0.250. The van der Waals surface area contributed by atoms with Crippen LogP contribution in [0.2, 0.25) is 0 Å². The van der Waals surface area contributed by atoms with E-state index in [1.165, 1.54) is 0 Å². The van der Waals surface area contributed by atoms with Crippen molar-refractivity contribution in [3.05, 3.63) is 24.3 Å². The molecule has 0 atom stereocenters. The van der Waals surface area contributed by atoms with E-state index in [9.17, 15) is 9.59 Å². The lowest BCUT2D eigenvalue weighted by atomic mass is 10.3. The Morgan fingerprint density at radius 3 is 1.95 bits per heavy atom. The van der Waals surface area contributed by atoms with Gasteiger partial charge in [0.15, 0.2) is 0 Å². The zero-order chi connectivity index (χ0) is 14.3. The molecule has 0 saturated carbocycles. The van der Waals surface area contributed by atoms with Crippen LogP contribution >= 0.6 is 0 Å². The summed E-state index contributed by atoms with van der Waals surface area (Å²) >= 11 is 0. The van der Waals surface area contributed by atoms with Crippen LogP contribution in [0.3, 0.4) is 0 Å². The molecule has 102 valence electrons. The van der Waals surface area contributed by atoms with Gasteiger partial charge in [-0.25, -0.2) is 9.59 Å². The average Bonchev–Trinajstić information content (AvgIpc) is 2.47. The number of rotatable bonds is 5. The van der Waals surface area contributed by atoms with Crippen molar-refractivity contribution in [2.24, 2.45) is 5.10 Å². The monoisotopic (exact) mass is 266 g/mol. The molecule has 19 heavy (non-hydrogen) atoms. The molecule has 0 unspecified atom stereocenters. The first kappa shape index (κ1) is 14.5. The number of ether oxygens (including phenoxy) is 3. The SMILES string of the molecule is COC(=O)C(=NNc1ccc(OC)cc1)C(=O)OC. The van der Waals surface area contributed by atoms with Crippen LogP contribution < -0.4 is 10.2 Å². The number of carbonyl (C=O) groups is 2. The largest absolute Gasteiger partial charge is 0.497 e. The van der Waals surface area contributed by atoms with Gasteiger partial charge in [0.2, 0.25) is 0 Å². The van der Waals surface area contributed by atoms with Crippen LogP contribution in [0.5, 0.6) is 5.75 Å². The van der Waals surface area contributed by atoms with Gasteiger partial charge in [0.1, 0.15) is 5.75 Å². The number of nitrogens with one attached hydrogen (secondary N) is 1. The second-order valence-electron chi connectivity index (χ2n) is 3.28. The Balaban J connectivity index is 2.84. The third-order valence-electron chi connectivity index (χ3n) is 2.14. The fourth-order valence-electron chi connectivity index (χ4n) is 1.15. The van der Waals surface area contributed by atoms with Crippen LogP contribution in [0.25, 0.3) is 0 Å². The van der Waals surface area contributed by atoms with Gasteiger partial charge in [0, 0.05) is 0 Å². The Bertz CT molecular complexity index is 463. The predicted octanol–water partition coefficient (Wildman–Crippen LogP) is 0.809. The molecule has 0 aromatic heterocycles. The first-order valence-corrected chi connectivity index (χ1v) is 5.26. The third-order valence-corrected chi connectivity index (χ3v) is 2.14. The van der Waals surface area contributed by atoms with Crippen molar-refractivity contribution in [1.82, 2.24) is 0 Å². The smallest absolute Gasteiger partial charge is 0.366 e. The van der Waals surface area contributed by atoms with Crippen molar-refractivity contribution < 1.29 is 23.8 Å². The molecule has 0 bridgehead atoms. The van der Waals surface area contributed by atoms with E-state index in [4.69, 9.17) is 4.74 Å². The second-order valence-corrected chi connectivity index (χ2v) is 3.28. The zero-order valence-electron chi connectivity index (χ0n) is 10.8. The van der Waals surface area contributed by atoms with E-state index < -0.39 is 17.7 Å². The van der Waals surface area contributed by atoms with E-state index in [0.29, 0.717) is 11.4 Å². The Morgan fingerprint density at radius 2 is 1.53 bits per heavy atom. The number of esters is 2. The van der Waals surface area contributed by atoms with Gasteiger partial charge in [-0.15, -0.1) is 0 Å². The molecule has 7 nitrogen and oxygen atoms in total. The lowest BCUT2D eigenvalue weighted by Gasteiger charge is -2.05. The molecular formula is C12H14N2O5. The molecule has 0 saturated heterocycles. The van der Waals surface area contributed by atoms with Crippen LogP contribution in [-0.2, 0) is 19.1 Å². The van der Waals surface area contributed by atoms with Crippen LogP contribution in [0.15, 0.2) is 29.4 Å². The van der Waals surface area contributed by atoms with Gasteiger partial charge in [-0.2, -0.15) is 5.10 Å². The minimum Gasteiger partial charge on any atom is -0.497 e. The summed E-state index contributed by atoms with van der Waals surface area (Å²) in [6, 6.07) is 6.75. The van der Waals surface area contributed by atoms with Gasteiger partial charge >= 0.3 is 11.9 Å². The number of hydrogen-bond donors (Lipinski definition) is 1. The van der Waals surface area contributed by atoms with E-state index in [0.717, 1.165) is 14.2 Å². The summed E-state index contributed by atoms with van der Waals surface area (Å²) in [5.41, 5.74) is 2.66. The summed E-state index contributed by atoms with van der Waals surface area (Å²) in [7, 11) is 3.84. The average molecular weight is 266 g/mol. The zero-order valence-corrected chi connectivity index (χ0v) is 10.8. The molecule has 0 radical (unpaired) electrons. The number of carbonyl (C=O) groups excluding carboxylic acids is 2. The van der Waals surface area contributed by atoms with Crippen molar-refractivity contribution in [1.29, 1.82) is 0 Å². The molecule has 7 heteroatoms. The van der Waals surface area contributed by atoms with Crippen molar-refractivity contribution in [3.8, 4) is 5.75 Å². The highest BCUT2D eigenvalue weighted by molar-refractivity contribution is 6.62. The van der Waals surface area contributed by atoms with E-state index in [1.807, 2.05) is 0 Å². The highest BCUT2D eigenvalue weighted by atomic mass is 16.5.